The first-order valence-electron chi connectivity index (χ1n) is 3.41. The second-order valence-corrected chi connectivity index (χ2v) is 4.36. The Kier molecular flexibility index (Phi) is 6.70. The molecule has 0 fully saturated rings. The maximum Gasteiger partial charge on any atom is 0.327 e. The van der Waals surface area contributed by atoms with Crippen LogP contribution in [0.3, 0.4) is 0 Å². The van der Waals surface area contributed by atoms with Gasteiger partial charge >= 0.3 is 5.97 Å². The summed E-state index contributed by atoms with van der Waals surface area (Å²) in [4.78, 5) is 20.5. The molecule has 0 aliphatic carbocycles. The zero-order valence-electron chi connectivity index (χ0n) is 6.83. The van der Waals surface area contributed by atoms with Crippen LogP contribution in [0.4, 0.5) is 0 Å². The summed E-state index contributed by atoms with van der Waals surface area (Å²) < 4.78 is 0.799. The largest absolute Gasteiger partial charge is 0.480 e. The third-order valence-corrected chi connectivity index (χ3v) is 2.88. The third kappa shape index (κ3) is 6.65. The van der Waals surface area contributed by atoms with E-state index in [4.69, 9.17) is 5.11 Å². The Labute approximate surface area is 88.9 Å². The lowest BCUT2D eigenvalue weighted by Gasteiger charge is -2.09. The molecule has 0 saturated heterocycles. The van der Waals surface area contributed by atoms with Crippen molar-refractivity contribution in [1.82, 2.24) is 5.32 Å². The molecule has 0 aliphatic heterocycles. The molecule has 0 rings (SSSR count). The normalized spacial score (nSPS) is 11.8. The number of carbonyl (C=O) groups excluding carboxylic acids is 1. The van der Waals surface area contributed by atoms with Crippen molar-refractivity contribution >= 4 is 40.1 Å². The van der Waals surface area contributed by atoms with E-state index < -0.39 is 12.0 Å². The first-order chi connectivity index (χ1) is 6.07. The minimum atomic E-state index is -1.03. The topological polar surface area (TPSA) is 66.4 Å². The zero-order chi connectivity index (χ0) is 10.3. The van der Waals surface area contributed by atoms with Gasteiger partial charge in [-0.2, -0.15) is 11.8 Å². The maximum absolute atomic E-state index is 10.5. The zero-order valence-corrected chi connectivity index (χ0v) is 9.23. The lowest BCUT2D eigenvalue weighted by molar-refractivity contribution is -0.139. The Morgan fingerprint density at radius 2 is 2.38 bits per heavy atom. The quantitative estimate of drug-likeness (QED) is 0.671. The van der Waals surface area contributed by atoms with E-state index in [1.54, 1.807) is 0 Å². The Morgan fingerprint density at radius 1 is 1.77 bits per heavy atom. The molecule has 2 N–H and O–H groups in total. The lowest BCUT2D eigenvalue weighted by atomic mass is 10.3. The summed E-state index contributed by atoms with van der Waals surface area (Å²) in [6, 6.07) is -0.825. The molecule has 0 aromatic heterocycles. The minimum absolute atomic E-state index is 0.332. The standard InChI is InChI=1S/C7H10BrNO3S/c1-5(8)2-13-3-6(7(11)12)9-4-10/h4,6H,1-3H2,(H,9,10)(H,11,12). The minimum Gasteiger partial charge on any atom is -0.480 e. The van der Waals surface area contributed by atoms with Gasteiger partial charge in [-0.3, -0.25) is 4.79 Å². The molecule has 0 aliphatic rings. The molecule has 1 atom stereocenters. The number of hydrogen-bond donors (Lipinski definition) is 2. The smallest absolute Gasteiger partial charge is 0.327 e. The first-order valence-corrected chi connectivity index (χ1v) is 5.36. The maximum atomic E-state index is 10.5. The van der Waals surface area contributed by atoms with Crippen molar-refractivity contribution in [2.24, 2.45) is 0 Å². The van der Waals surface area contributed by atoms with Crippen LogP contribution < -0.4 is 5.32 Å². The summed E-state index contributed by atoms with van der Waals surface area (Å²) in [7, 11) is 0. The summed E-state index contributed by atoms with van der Waals surface area (Å²) in [5, 5.41) is 10.8. The number of thioether (sulfide) groups is 1. The highest BCUT2D eigenvalue weighted by Crippen LogP contribution is 2.12. The molecule has 1 amide bonds. The van der Waals surface area contributed by atoms with Crippen LogP contribution in [0, 0.1) is 0 Å². The van der Waals surface area contributed by atoms with Crippen LogP contribution in [-0.4, -0.2) is 35.0 Å². The van der Waals surface area contributed by atoms with Gasteiger partial charge in [0.25, 0.3) is 0 Å². The number of halogens is 1. The highest BCUT2D eigenvalue weighted by molar-refractivity contribution is 9.11. The van der Waals surface area contributed by atoms with Crippen LogP contribution in [0.15, 0.2) is 11.1 Å². The van der Waals surface area contributed by atoms with Gasteiger partial charge in [0.2, 0.25) is 6.41 Å². The number of carbonyl (C=O) groups is 2. The molecule has 0 saturated carbocycles. The molecule has 1 unspecified atom stereocenters. The van der Waals surface area contributed by atoms with E-state index in [2.05, 4.69) is 27.8 Å². The van der Waals surface area contributed by atoms with Crippen molar-refractivity contribution in [1.29, 1.82) is 0 Å². The van der Waals surface area contributed by atoms with E-state index in [0.29, 0.717) is 17.9 Å². The highest BCUT2D eigenvalue weighted by Gasteiger charge is 2.15. The number of rotatable bonds is 7. The monoisotopic (exact) mass is 267 g/mol. The Balaban J connectivity index is 3.75. The molecule has 6 heteroatoms. The van der Waals surface area contributed by atoms with Gasteiger partial charge in [-0.05, 0) is 4.48 Å². The number of amides is 1. The first kappa shape index (κ1) is 12.5. The highest BCUT2D eigenvalue weighted by atomic mass is 79.9. The van der Waals surface area contributed by atoms with Gasteiger partial charge in [-0.15, -0.1) is 0 Å². The SMILES string of the molecule is C=C(Br)CSCC(NC=O)C(=O)O. The molecule has 0 radical (unpaired) electrons. The molecule has 0 heterocycles. The summed E-state index contributed by atoms with van der Waals surface area (Å²) in [6.07, 6.45) is 0.391. The summed E-state index contributed by atoms with van der Waals surface area (Å²) in [6.45, 7) is 3.60. The average molecular weight is 268 g/mol. The van der Waals surface area contributed by atoms with E-state index >= 15 is 0 Å². The van der Waals surface area contributed by atoms with E-state index in [-0.39, 0.29) is 0 Å². The molecule has 74 valence electrons. The van der Waals surface area contributed by atoms with E-state index in [1.165, 1.54) is 11.8 Å². The molecular weight excluding hydrogens is 258 g/mol. The Morgan fingerprint density at radius 3 is 2.77 bits per heavy atom. The van der Waals surface area contributed by atoms with Crippen LogP contribution in [0.5, 0.6) is 0 Å². The molecule has 0 spiro atoms. The van der Waals surface area contributed by atoms with Crippen LogP contribution >= 0.6 is 27.7 Å². The summed E-state index contributed by atoms with van der Waals surface area (Å²) in [5.74, 6) is -0.0667. The predicted molar refractivity (Wildman–Crippen MR) is 56.0 cm³/mol. The van der Waals surface area contributed by atoms with Gasteiger partial charge in [0, 0.05) is 11.5 Å². The average Bonchev–Trinajstić information content (AvgIpc) is 2.02. The molecule has 4 nitrogen and oxygen atoms in total. The van der Waals surface area contributed by atoms with Crippen LogP contribution in [-0.2, 0) is 9.59 Å². The van der Waals surface area contributed by atoms with Crippen molar-refractivity contribution in [2.75, 3.05) is 11.5 Å². The number of hydrogen-bond acceptors (Lipinski definition) is 3. The summed E-state index contributed by atoms with van der Waals surface area (Å²) >= 11 is 4.54. The number of carboxylic acids is 1. The van der Waals surface area contributed by atoms with Gasteiger partial charge in [0.05, 0.1) is 0 Å². The predicted octanol–water partition coefficient (Wildman–Crippen LogP) is 0.827. The van der Waals surface area contributed by atoms with Crippen molar-refractivity contribution in [3.8, 4) is 0 Å². The fourth-order valence-corrected chi connectivity index (χ4v) is 1.86. The van der Waals surface area contributed by atoms with Crippen molar-refractivity contribution in [3.63, 3.8) is 0 Å². The summed E-state index contributed by atoms with van der Waals surface area (Å²) in [5.41, 5.74) is 0. The van der Waals surface area contributed by atoms with Gasteiger partial charge in [0.1, 0.15) is 6.04 Å². The Bertz CT molecular complexity index is 210. The number of carboxylic acid groups (broad SMARTS) is 1. The van der Waals surface area contributed by atoms with Crippen LogP contribution in [0.2, 0.25) is 0 Å². The van der Waals surface area contributed by atoms with Gasteiger partial charge in [0.15, 0.2) is 0 Å². The molecular formula is C7H10BrNO3S. The molecule has 13 heavy (non-hydrogen) atoms. The van der Waals surface area contributed by atoms with E-state index in [1.807, 2.05) is 0 Å². The van der Waals surface area contributed by atoms with E-state index in [0.717, 1.165) is 4.48 Å². The van der Waals surface area contributed by atoms with Gasteiger partial charge in [-0.1, -0.05) is 22.5 Å². The van der Waals surface area contributed by atoms with Gasteiger partial charge < -0.3 is 10.4 Å². The number of aliphatic carboxylic acids is 1. The number of nitrogens with one attached hydrogen (secondary N) is 1. The van der Waals surface area contributed by atoms with Gasteiger partial charge in [-0.25, -0.2) is 4.79 Å². The van der Waals surface area contributed by atoms with Crippen molar-refractivity contribution in [3.05, 3.63) is 11.1 Å². The third-order valence-electron chi connectivity index (χ3n) is 1.11. The Hall–Kier alpha value is -0.490. The van der Waals surface area contributed by atoms with Crippen molar-refractivity contribution < 1.29 is 14.7 Å². The second kappa shape index (κ2) is 6.97. The fourth-order valence-electron chi connectivity index (χ4n) is 0.560. The molecule has 0 aromatic rings. The van der Waals surface area contributed by atoms with Crippen LogP contribution in [0.25, 0.3) is 0 Å². The fraction of sp³-hybridized carbons (Fsp3) is 0.429. The second-order valence-electron chi connectivity index (χ2n) is 2.21. The lowest BCUT2D eigenvalue weighted by Crippen LogP contribution is -2.37. The van der Waals surface area contributed by atoms with Crippen molar-refractivity contribution in [2.45, 2.75) is 6.04 Å². The van der Waals surface area contributed by atoms with Crippen LogP contribution in [0.1, 0.15) is 0 Å². The van der Waals surface area contributed by atoms with E-state index in [9.17, 15) is 9.59 Å². The molecule has 0 bridgehead atoms. The molecule has 0 aromatic carbocycles.